The smallest absolute Gasteiger partial charge is 0.251 e. The van der Waals surface area contributed by atoms with Crippen LogP contribution >= 0.6 is 22.9 Å². The number of carbonyl (C=O) groups excluding carboxylic acids is 3. The number of benzene rings is 4. The lowest BCUT2D eigenvalue weighted by Crippen LogP contribution is -2.74. The summed E-state index contributed by atoms with van der Waals surface area (Å²) in [6, 6.07) is 25.6. The van der Waals surface area contributed by atoms with Gasteiger partial charge >= 0.3 is 0 Å². The van der Waals surface area contributed by atoms with Gasteiger partial charge in [0.15, 0.2) is 0 Å². The van der Waals surface area contributed by atoms with Gasteiger partial charge in [-0.3, -0.25) is 14.4 Å². The lowest BCUT2D eigenvalue weighted by molar-refractivity contribution is -0.164. The highest BCUT2D eigenvalue weighted by molar-refractivity contribution is 7.10. The first-order valence-corrected chi connectivity index (χ1v) is 27.0. The summed E-state index contributed by atoms with van der Waals surface area (Å²) in [5.41, 5.74) is 3.00. The van der Waals surface area contributed by atoms with Gasteiger partial charge in [-0.15, -0.1) is 11.3 Å². The van der Waals surface area contributed by atoms with Crippen LogP contribution in [-0.4, -0.2) is 105 Å². The highest BCUT2D eigenvalue weighted by Crippen LogP contribution is 2.55. The molecule has 1 aromatic heterocycles. The van der Waals surface area contributed by atoms with Crippen molar-refractivity contribution in [1.82, 2.24) is 25.8 Å². The van der Waals surface area contributed by atoms with Crippen molar-refractivity contribution in [2.75, 3.05) is 58.5 Å². The maximum Gasteiger partial charge on any atom is 0.251 e. The second-order valence-electron chi connectivity index (χ2n) is 20.7. The van der Waals surface area contributed by atoms with Gasteiger partial charge in [-0.1, -0.05) is 82.8 Å². The number of likely N-dealkylation sites (tertiary alicyclic amines) is 1. The summed E-state index contributed by atoms with van der Waals surface area (Å²) >= 11 is 7.84. The van der Waals surface area contributed by atoms with Crippen LogP contribution in [0.5, 0.6) is 11.5 Å². The molecule has 3 aliphatic rings. The number of halogens is 1. The molecule has 3 fully saturated rings. The number of nitrogens with one attached hydrogen (secondary N) is 4. The van der Waals surface area contributed by atoms with Gasteiger partial charge in [-0.25, -0.2) is 4.98 Å². The first kappa shape index (κ1) is 53.5. The largest absolute Gasteiger partial charge is 0.491 e. The number of rotatable bonds is 22. The minimum Gasteiger partial charge on any atom is -0.491 e. The number of likely N-dealkylation sites (N-methyl/N-ethyl adjacent to an activating group) is 1. The average Bonchev–Trinajstić information content (AvgIpc) is 4.10. The Labute approximate surface area is 438 Å². The van der Waals surface area contributed by atoms with Gasteiger partial charge < -0.3 is 45.1 Å². The average molecular weight is 1030 g/mol. The molecule has 0 radical (unpaired) electrons. The summed E-state index contributed by atoms with van der Waals surface area (Å²) in [7, 11) is 1.76. The van der Waals surface area contributed by atoms with E-state index < -0.39 is 6.04 Å². The minimum atomic E-state index is -0.531. The van der Waals surface area contributed by atoms with Crippen molar-refractivity contribution in [3.8, 4) is 28.8 Å². The van der Waals surface area contributed by atoms with Crippen molar-refractivity contribution in [1.29, 1.82) is 5.26 Å². The molecule has 3 amide bonds. The number of nitriles is 1. The summed E-state index contributed by atoms with van der Waals surface area (Å²) in [5.74, 6) is 1.22. The van der Waals surface area contributed by atoms with Crippen molar-refractivity contribution >= 4 is 57.1 Å². The molecular weight excluding hydrogens is 962 g/mol. The maximum atomic E-state index is 14.3. The fraction of sp³-hybridized carbons (Fsp3) is 0.491. The Balaban J connectivity index is 0.750. The first-order chi connectivity index (χ1) is 35.2. The number of hydrogen-bond donors (Lipinski definition) is 4. The molecule has 0 bridgehead atoms. The van der Waals surface area contributed by atoms with Gasteiger partial charge in [0.2, 0.25) is 11.8 Å². The molecule has 2 heterocycles. The zero-order valence-electron chi connectivity index (χ0n) is 42.9. The number of carbonyl (C=O) groups is 3. The Morgan fingerprint density at radius 1 is 0.877 bits per heavy atom. The number of thiazole rings is 1. The van der Waals surface area contributed by atoms with Gasteiger partial charge in [0, 0.05) is 63.6 Å². The van der Waals surface area contributed by atoms with E-state index in [1.165, 1.54) is 6.42 Å². The molecule has 0 spiro atoms. The summed E-state index contributed by atoms with van der Waals surface area (Å²) in [6.45, 7) is 13.5. The molecule has 8 rings (SSSR count). The van der Waals surface area contributed by atoms with Crippen molar-refractivity contribution in [3.05, 3.63) is 105 Å². The van der Waals surface area contributed by atoms with E-state index in [0.29, 0.717) is 68.0 Å². The molecule has 0 unspecified atom stereocenters. The van der Waals surface area contributed by atoms with Crippen LogP contribution in [0.2, 0.25) is 5.02 Å². The van der Waals surface area contributed by atoms with E-state index in [2.05, 4.69) is 78.6 Å². The molecule has 4 aromatic carbocycles. The fourth-order valence-corrected chi connectivity index (χ4v) is 12.4. The standard InChI is InChI=1S/C57H70ClN7O7S/c1-36(60-6)50(66)63-49(37-13-8-7-9-14-37)53(68)65-27-12-17-47(65)52-62-46(35-73-52)43-24-25-48(44-16-11-10-15-42(43)44)71-32-31-70-30-29-69-28-26-61-40-21-18-38(19-22-40)51(67)64-54-56(2,3)55(57(54,4)5)72-41-23-20-39(34-59)45(58)33-41/h10-11,15-16,18-25,33,35-37,47,49,54-55,60-61H,7-9,12-14,17,26-32H2,1-6H3,(H,63,66)(H,64,67)/t36-,47-,49-,54-,55-/m0/s1. The fourth-order valence-electron chi connectivity index (χ4n) is 11.3. The van der Waals surface area contributed by atoms with Crippen LogP contribution in [0.15, 0.2) is 84.2 Å². The number of fused-ring (bicyclic) bond motifs is 1. The molecule has 4 N–H and O–H groups in total. The van der Waals surface area contributed by atoms with Crippen LogP contribution in [-0.2, 0) is 19.1 Å². The van der Waals surface area contributed by atoms with E-state index >= 15 is 0 Å². The van der Waals surface area contributed by atoms with Crippen molar-refractivity contribution < 1.29 is 33.3 Å². The Bertz CT molecular complexity index is 2740. The van der Waals surface area contributed by atoms with Gasteiger partial charge in [-0.2, -0.15) is 5.26 Å². The molecule has 3 atom stereocenters. The van der Waals surface area contributed by atoms with E-state index in [9.17, 15) is 19.6 Å². The van der Waals surface area contributed by atoms with Crippen LogP contribution in [0.3, 0.4) is 0 Å². The third-order valence-electron chi connectivity index (χ3n) is 15.0. The van der Waals surface area contributed by atoms with E-state index in [1.807, 2.05) is 54.3 Å². The quantitative estimate of drug-likeness (QED) is 0.0486. The Morgan fingerprint density at radius 3 is 2.30 bits per heavy atom. The van der Waals surface area contributed by atoms with E-state index in [1.54, 1.807) is 36.6 Å². The SMILES string of the molecule is CN[C@@H](C)C(=O)N[C@H](C(=O)N1CCC[C@H]1c1nc(-c2ccc(OCCOCCOCCNc3ccc(C(=O)N[C@H]4C(C)(C)[C@H](Oc5ccc(C#N)c(Cl)c5)C4(C)C)cc3)c3ccccc23)cs1)C1CCCCC1. The molecular formula is C57H70ClN7O7S. The minimum absolute atomic E-state index is 0.0127. The monoisotopic (exact) mass is 1030 g/mol. The molecule has 5 aromatic rings. The second-order valence-corrected chi connectivity index (χ2v) is 22.0. The molecule has 388 valence electrons. The molecule has 73 heavy (non-hydrogen) atoms. The topological polar surface area (TPSA) is 176 Å². The van der Waals surface area contributed by atoms with Crippen LogP contribution in [0, 0.1) is 28.1 Å². The zero-order chi connectivity index (χ0) is 51.7. The van der Waals surface area contributed by atoms with Crippen LogP contribution in [0.4, 0.5) is 5.69 Å². The Hall–Kier alpha value is -5.76. The van der Waals surface area contributed by atoms with Gasteiger partial charge in [0.05, 0.1) is 54.8 Å². The molecule has 2 aliphatic carbocycles. The van der Waals surface area contributed by atoms with Crippen LogP contribution < -0.4 is 30.7 Å². The molecule has 14 nitrogen and oxygen atoms in total. The normalized spacial score (nSPS) is 20.1. The highest BCUT2D eigenvalue weighted by Gasteiger charge is 2.64. The summed E-state index contributed by atoms with van der Waals surface area (Å²) in [6.07, 6.45) is 6.78. The number of ether oxygens (including phenoxy) is 4. The van der Waals surface area contributed by atoms with Gasteiger partial charge in [0.25, 0.3) is 5.91 Å². The molecule has 16 heteroatoms. The maximum absolute atomic E-state index is 14.3. The molecule has 2 saturated carbocycles. The lowest BCUT2D eigenvalue weighted by atomic mass is 9.49. The summed E-state index contributed by atoms with van der Waals surface area (Å²) in [4.78, 5) is 47.9. The van der Waals surface area contributed by atoms with E-state index in [-0.39, 0.29) is 58.7 Å². The number of nitrogens with zero attached hydrogens (tertiary/aromatic N) is 3. The number of hydrogen-bond acceptors (Lipinski definition) is 12. The Kier molecular flexibility index (Phi) is 17.6. The van der Waals surface area contributed by atoms with E-state index in [4.69, 9.17) is 35.5 Å². The number of aromatic nitrogens is 1. The van der Waals surface area contributed by atoms with Gasteiger partial charge in [0.1, 0.15) is 41.3 Å². The third-order valence-corrected chi connectivity index (χ3v) is 16.3. The Morgan fingerprint density at radius 2 is 1.59 bits per heavy atom. The molecule has 1 aliphatic heterocycles. The van der Waals surface area contributed by atoms with E-state index in [0.717, 1.165) is 77.0 Å². The van der Waals surface area contributed by atoms with Crippen LogP contribution in [0.1, 0.15) is 107 Å². The highest BCUT2D eigenvalue weighted by atomic mass is 35.5. The zero-order valence-corrected chi connectivity index (χ0v) is 44.5. The van der Waals surface area contributed by atoms with Crippen molar-refractivity contribution in [2.45, 2.75) is 110 Å². The number of anilines is 1. The third kappa shape index (κ3) is 12.3. The predicted molar refractivity (Wildman–Crippen MR) is 287 cm³/mol. The predicted octanol–water partition coefficient (Wildman–Crippen LogP) is 9.96. The van der Waals surface area contributed by atoms with Crippen molar-refractivity contribution in [2.24, 2.45) is 16.7 Å². The summed E-state index contributed by atoms with van der Waals surface area (Å²) < 4.78 is 24.3. The van der Waals surface area contributed by atoms with Crippen molar-refractivity contribution in [3.63, 3.8) is 0 Å². The molecule has 1 saturated heterocycles. The first-order valence-electron chi connectivity index (χ1n) is 25.8. The van der Waals surface area contributed by atoms with Gasteiger partial charge in [-0.05, 0) is 99.5 Å². The summed E-state index contributed by atoms with van der Waals surface area (Å²) in [5, 5.41) is 27.4. The van der Waals surface area contributed by atoms with Crippen LogP contribution in [0.25, 0.3) is 22.0 Å². The lowest BCUT2D eigenvalue weighted by Gasteiger charge is -2.63. The number of amides is 3. The second kappa shape index (κ2) is 24.1.